The molecule has 3 heterocycles. The van der Waals surface area contributed by atoms with Gasteiger partial charge in [-0.25, -0.2) is 4.98 Å². The Morgan fingerprint density at radius 1 is 1.17 bits per heavy atom. The number of amides is 1. The van der Waals surface area contributed by atoms with E-state index in [1.54, 1.807) is 24.7 Å². The zero-order chi connectivity index (χ0) is 16.8. The van der Waals surface area contributed by atoms with E-state index in [0.29, 0.717) is 18.0 Å². The monoisotopic (exact) mass is 345 g/mol. The second-order valence-corrected chi connectivity index (χ2v) is 6.00. The Labute approximate surface area is 146 Å². The fourth-order valence-corrected chi connectivity index (χ4v) is 2.89. The van der Waals surface area contributed by atoms with Crippen LogP contribution in [0.15, 0.2) is 42.9 Å². The summed E-state index contributed by atoms with van der Waals surface area (Å²) in [6, 6.07) is 7.69. The molecule has 0 atom stereocenters. The summed E-state index contributed by atoms with van der Waals surface area (Å²) in [5.41, 5.74) is 0.805. The fourth-order valence-electron chi connectivity index (χ4n) is 2.71. The molecule has 1 amide bonds. The zero-order valence-electron chi connectivity index (χ0n) is 13.4. The van der Waals surface area contributed by atoms with E-state index in [1.807, 2.05) is 23.1 Å². The minimum atomic E-state index is 0.161. The van der Waals surface area contributed by atoms with Gasteiger partial charge in [0, 0.05) is 57.7 Å². The summed E-state index contributed by atoms with van der Waals surface area (Å²) in [4.78, 5) is 24.7. The first-order valence-electron chi connectivity index (χ1n) is 8.01. The molecule has 1 N–H and O–H groups in total. The minimum absolute atomic E-state index is 0.161. The average Bonchev–Trinajstić information content (AvgIpc) is 2.64. The maximum absolute atomic E-state index is 12.3. The third-order valence-corrected chi connectivity index (χ3v) is 4.33. The van der Waals surface area contributed by atoms with Crippen LogP contribution in [0.3, 0.4) is 0 Å². The topological polar surface area (TPSA) is 61.4 Å². The Morgan fingerprint density at radius 3 is 2.71 bits per heavy atom. The molecule has 1 fully saturated rings. The van der Waals surface area contributed by atoms with E-state index in [0.717, 1.165) is 37.7 Å². The molecule has 0 spiro atoms. The number of carbonyl (C=O) groups is 1. The Balaban J connectivity index is 1.43. The van der Waals surface area contributed by atoms with Crippen LogP contribution < -0.4 is 10.2 Å². The highest BCUT2D eigenvalue weighted by Gasteiger charge is 2.21. The standard InChI is InChI=1S/C17H20ClN5O/c18-14-13-19-7-4-15(14)20-8-5-17(24)23-11-9-22(10-12-23)16-3-1-2-6-21-16/h1-4,6-7,13H,5,8-12H2,(H,19,20). The lowest BCUT2D eigenvalue weighted by atomic mass is 10.2. The van der Waals surface area contributed by atoms with Crippen LogP contribution in [0.5, 0.6) is 0 Å². The molecule has 0 saturated carbocycles. The Hall–Kier alpha value is -2.34. The molecule has 1 aliphatic rings. The van der Waals surface area contributed by atoms with Gasteiger partial charge in [0.25, 0.3) is 0 Å². The van der Waals surface area contributed by atoms with E-state index in [4.69, 9.17) is 11.6 Å². The lowest BCUT2D eigenvalue weighted by molar-refractivity contribution is -0.131. The number of piperazine rings is 1. The molecule has 7 heteroatoms. The summed E-state index contributed by atoms with van der Waals surface area (Å²) < 4.78 is 0. The minimum Gasteiger partial charge on any atom is -0.383 e. The third-order valence-electron chi connectivity index (χ3n) is 4.03. The SMILES string of the molecule is O=C(CCNc1ccncc1Cl)N1CCN(c2ccccn2)CC1. The van der Waals surface area contributed by atoms with E-state index >= 15 is 0 Å². The van der Waals surface area contributed by atoms with Crippen LogP contribution in [0.25, 0.3) is 0 Å². The zero-order valence-corrected chi connectivity index (χ0v) is 14.1. The first-order valence-corrected chi connectivity index (χ1v) is 8.39. The predicted octanol–water partition coefficient (Wildman–Crippen LogP) is 2.28. The van der Waals surface area contributed by atoms with Crippen molar-refractivity contribution in [3.63, 3.8) is 0 Å². The van der Waals surface area contributed by atoms with Crippen molar-refractivity contribution in [2.24, 2.45) is 0 Å². The molecular weight excluding hydrogens is 326 g/mol. The highest BCUT2D eigenvalue weighted by Crippen LogP contribution is 2.19. The number of hydrogen-bond donors (Lipinski definition) is 1. The number of anilines is 2. The highest BCUT2D eigenvalue weighted by molar-refractivity contribution is 6.33. The van der Waals surface area contributed by atoms with Crippen LogP contribution in [0.1, 0.15) is 6.42 Å². The Kier molecular flexibility index (Phi) is 5.48. The molecule has 3 rings (SSSR count). The number of carbonyl (C=O) groups excluding carboxylic acids is 1. The Morgan fingerprint density at radius 2 is 2.00 bits per heavy atom. The van der Waals surface area contributed by atoms with Crippen molar-refractivity contribution in [2.75, 3.05) is 42.9 Å². The van der Waals surface area contributed by atoms with E-state index in [9.17, 15) is 4.79 Å². The van der Waals surface area contributed by atoms with Crippen LogP contribution in [0.2, 0.25) is 5.02 Å². The van der Waals surface area contributed by atoms with Gasteiger partial charge in [0.15, 0.2) is 0 Å². The number of halogens is 1. The molecule has 2 aromatic heterocycles. The van der Waals surface area contributed by atoms with Crippen molar-refractivity contribution < 1.29 is 4.79 Å². The third kappa shape index (κ3) is 4.14. The number of rotatable bonds is 5. The lowest BCUT2D eigenvalue weighted by Crippen LogP contribution is -2.49. The van der Waals surface area contributed by atoms with Gasteiger partial charge in [0.05, 0.1) is 10.7 Å². The maximum Gasteiger partial charge on any atom is 0.224 e. The number of nitrogens with zero attached hydrogens (tertiary/aromatic N) is 4. The second kappa shape index (κ2) is 7.97. The smallest absolute Gasteiger partial charge is 0.224 e. The van der Waals surface area contributed by atoms with E-state index < -0.39 is 0 Å². The second-order valence-electron chi connectivity index (χ2n) is 5.59. The normalized spacial score (nSPS) is 14.5. The van der Waals surface area contributed by atoms with Crippen molar-refractivity contribution in [1.82, 2.24) is 14.9 Å². The molecule has 2 aromatic rings. The van der Waals surface area contributed by atoms with Crippen LogP contribution in [0.4, 0.5) is 11.5 Å². The van der Waals surface area contributed by atoms with Gasteiger partial charge in [-0.1, -0.05) is 17.7 Å². The van der Waals surface area contributed by atoms with Crippen molar-refractivity contribution in [3.8, 4) is 0 Å². The summed E-state index contributed by atoms with van der Waals surface area (Å²) in [7, 11) is 0. The van der Waals surface area contributed by atoms with Gasteiger partial charge >= 0.3 is 0 Å². The van der Waals surface area contributed by atoms with Crippen molar-refractivity contribution in [1.29, 1.82) is 0 Å². The first-order chi connectivity index (χ1) is 11.7. The van der Waals surface area contributed by atoms with E-state index in [1.165, 1.54) is 0 Å². The van der Waals surface area contributed by atoms with Gasteiger partial charge in [-0.2, -0.15) is 0 Å². The summed E-state index contributed by atoms with van der Waals surface area (Å²) in [6.45, 7) is 3.64. The molecule has 126 valence electrons. The summed E-state index contributed by atoms with van der Waals surface area (Å²) in [5, 5.41) is 3.74. The molecule has 0 aliphatic carbocycles. The van der Waals surface area contributed by atoms with Gasteiger partial charge in [-0.3, -0.25) is 9.78 Å². The maximum atomic E-state index is 12.3. The number of nitrogens with one attached hydrogen (secondary N) is 1. The van der Waals surface area contributed by atoms with Gasteiger partial charge in [0.2, 0.25) is 5.91 Å². The summed E-state index contributed by atoms with van der Waals surface area (Å²) >= 11 is 6.03. The molecule has 0 unspecified atom stereocenters. The van der Waals surface area contributed by atoms with E-state index in [-0.39, 0.29) is 5.91 Å². The quantitative estimate of drug-likeness (QED) is 0.900. The van der Waals surface area contributed by atoms with E-state index in [2.05, 4.69) is 20.2 Å². The van der Waals surface area contributed by atoms with Gasteiger partial charge in [0.1, 0.15) is 5.82 Å². The van der Waals surface area contributed by atoms with Crippen LogP contribution in [-0.2, 0) is 4.79 Å². The molecule has 1 aliphatic heterocycles. The summed E-state index contributed by atoms with van der Waals surface area (Å²) in [5.74, 6) is 1.13. The Bertz CT molecular complexity index is 674. The molecule has 0 radical (unpaired) electrons. The van der Waals surface area contributed by atoms with Crippen LogP contribution >= 0.6 is 11.6 Å². The highest BCUT2D eigenvalue weighted by atomic mass is 35.5. The predicted molar refractivity (Wildman–Crippen MR) is 95.4 cm³/mol. The number of pyridine rings is 2. The van der Waals surface area contributed by atoms with Crippen LogP contribution in [-0.4, -0.2) is 53.5 Å². The van der Waals surface area contributed by atoms with Crippen molar-refractivity contribution >= 4 is 29.0 Å². The number of aromatic nitrogens is 2. The van der Waals surface area contributed by atoms with Crippen molar-refractivity contribution in [3.05, 3.63) is 47.9 Å². The van der Waals surface area contributed by atoms with Gasteiger partial charge in [-0.05, 0) is 18.2 Å². The van der Waals surface area contributed by atoms with Crippen molar-refractivity contribution in [2.45, 2.75) is 6.42 Å². The largest absolute Gasteiger partial charge is 0.383 e. The average molecular weight is 346 g/mol. The van der Waals surface area contributed by atoms with Crippen LogP contribution in [0, 0.1) is 0 Å². The number of hydrogen-bond acceptors (Lipinski definition) is 5. The molecule has 24 heavy (non-hydrogen) atoms. The van der Waals surface area contributed by atoms with Gasteiger partial charge < -0.3 is 15.1 Å². The van der Waals surface area contributed by atoms with Gasteiger partial charge in [-0.15, -0.1) is 0 Å². The lowest BCUT2D eigenvalue weighted by Gasteiger charge is -2.35. The fraction of sp³-hybridized carbons (Fsp3) is 0.353. The molecule has 0 aromatic carbocycles. The molecule has 6 nitrogen and oxygen atoms in total. The summed E-state index contributed by atoms with van der Waals surface area (Å²) in [6.07, 6.45) is 5.50. The molecule has 0 bridgehead atoms. The molecular formula is C17H20ClN5O. The molecule has 1 saturated heterocycles. The first kappa shape index (κ1) is 16.5.